The van der Waals surface area contributed by atoms with Crippen LogP contribution in [-0.4, -0.2) is 23.4 Å². The van der Waals surface area contributed by atoms with Crippen molar-refractivity contribution in [3.05, 3.63) is 29.2 Å². The molecule has 2 N–H and O–H groups in total. The molecule has 0 saturated heterocycles. The van der Waals surface area contributed by atoms with Crippen LogP contribution >= 0.6 is 0 Å². The van der Waals surface area contributed by atoms with Gasteiger partial charge in [-0.1, -0.05) is 26.3 Å². The van der Waals surface area contributed by atoms with Crippen molar-refractivity contribution in [3.63, 3.8) is 0 Å². The summed E-state index contributed by atoms with van der Waals surface area (Å²) >= 11 is 0. The average Bonchev–Trinajstić information content (AvgIpc) is 2.37. The molecule has 0 bridgehead atoms. The SMILES string of the molecule is CCO.CCO.[CH2-]C1=C(C)C(C)=C(C)C1(C)C.[Hf]. The molecule has 0 radical (unpaired) electrons. The number of rotatable bonds is 0. The third-order valence-corrected chi connectivity index (χ3v) is 3.27. The van der Waals surface area contributed by atoms with Crippen LogP contribution in [0.4, 0.5) is 0 Å². The maximum absolute atomic E-state index is 7.57. The Morgan fingerprint density at radius 1 is 0.944 bits per heavy atom. The summed E-state index contributed by atoms with van der Waals surface area (Å²) < 4.78 is 0. The third-order valence-electron chi connectivity index (χ3n) is 3.27. The van der Waals surface area contributed by atoms with Gasteiger partial charge in [-0.3, -0.25) is 0 Å². The Bertz CT molecular complexity index is 261. The molecule has 0 heterocycles. The van der Waals surface area contributed by atoms with Crippen LogP contribution in [0.1, 0.15) is 48.5 Å². The molecular formula is C15H29HfO2-. The summed E-state index contributed by atoms with van der Waals surface area (Å²) in [4.78, 5) is 0. The Morgan fingerprint density at radius 3 is 1.28 bits per heavy atom. The minimum atomic E-state index is 0. The van der Waals surface area contributed by atoms with E-state index in [9.17, 15) is 0 Å². The van der Waals surface area contributed by atoms with Crippen molar-refractivity contribution in [1.82, 2.24) is 0 Å². The van der Waals surface area contributed by atoms with Crippen LogP contribution in [0.2, 0.25) is 0 Å². The molecule has 2 nitrogen and oxygen atoms in total. The summed E-state index contributed by atoms with van der Waals surface area (Å²) in [6.45, 7) is 19.0. The minimum absolute atomic E-state index is 0. The molecule has 0 amide bonds. The zero-order valence-electron chi connectivity index (χ0n) is 13.0. The van der Waals surface area contributed by atoms with Crippen LogP contribution in [0.3, 0.4) is 0 Å². The summed E-state index contributed by atoms with van der Waals surface area (Å²) in [5, 5.41) is 15.1. The van der Waals surface area contributed by atoms with Gasteiger partial charge in [-0.05, 0) is 26.2 Å². The standard InChI is InChI=1S/C11H17.2C2H6O.Hf/c1-7-8(2)10(4)11(5,6)9(7)3;2*1-2-3;/h3H2,1-2,4-6H3;2*3H,2H2,1H3;/q-1;;;. The Kier molecular flexibility index (Phi) is 14.2. The van der Waals surface area contributed by atoms with E-state index in [2.05, 4.69) is 41.5 Å². The maximum atomic E-state index is 7.57. The fourth-order valence-corrected chi connectivity index (χ4v) is 1.67. The minimum Gasteiger partial charge on any atom is -0.397 e. The van der Waals surface area contributed by atoms with Crippen LogP contribution in [0.5, 0.6) is 0 Å². The molecule has 1 rings (SSSR count). The van der Waals surface area contributed by atoms with Gasteiger partial charge in [-0.25, -0.2) is 12.5 Å². The van der Waals surface area contributed by atoms with Crippen molar-refractivity contribution < 1.29 is 36.1 Å². The fourth-order valence-electron chi connectivity index (χ4n) is 1.67. The van der Waals surface area contributed by atoms with E-state index in [4.69, 9.17) is 10.2 Å². The first kappa shape index (κ1) is 23.2. The Morgan fingerprint density at radius 2 is 1.22 bits per heavy atom. The molecular weight excluding hydrogens is 391 g/mol. The van der Waals surface area contributed by atoms with Crippen LogP contribution in [0, 0.1) is 12.3 Å². The topological polar surface area (TPSA) is 40.5 Å². The van der Waals surface area contributed by atoms with Crippen molar-refractivity contribution in [2.24, 2.45) is 5.41 Å². The van der Waals surface area contributed by atoms with Gasteiger partial charge in [0.05, 0.1) is 0 Å². The normalized spacial score (nSPS) is 16.3. The third kappa shape index (κ3) is 6.35. The van der Waals surface area contributed by atoms with Gasteiger partial charge in [0.2, 0.25) is 0 Å². The van der Waals surface area contributed by atoms with E-state index in [1.54, 1.807) is 13.8 Å². The van der Waals surface area contributed by atoms with E-state index < -0.39 is 0 Å². The summed E-state index contributed by atoms with van der Waals surface area (Å²) in [5.74, 6) is 0. The van der Waals surface area contributed by atoms with Gasteiger partial charge in [-0.2, -0.15) is 5.57 Å². The van der Waals surface area contributed by atoms with E-state index >= 15 is 0 Å². The Hall–Kier alpha value is 0.140. The summed E-state index contributed by atoms with van der Waals surface area (Å²) in [6.07, 6.45) is 0. The van der Waals surface area contributed by atoms with Crippen molar-refractivity contribution >= 4 is 0 Å². The van der Waals surface area contributed by atoms with Crippen molar-refractivity contribution in [1.29, 1.82) is 0 Å². The molecule has 0 aromatic rings. The second kappa shape index (κ2) is 11.0. The monoisotopic (exact) mass is 421 g/mol. The second-order valence-electron chi connectivity index (χ2n) is 4.61. The largest absolute Gasteiger partial charge is 0.397 e. The average molecular weight is 420 g/mol. The number of allylic oxidation sites excluding steroid dienone is 4. The number of aliphatic hydroxyl groups excluding tert-OH is 2. The molecule has 0 unspecified atom stereocenters. The van der Waals surface area contributed by atoms with Gasteiger partial charge >= 0.3 is 0 Å². The molecule has 3 heteroatoms. The van der Waals surface area contributed by atoms with Crippen molar-refractivity contribution in [2.75, 3.05) is 13.2 Å². The predicted octanol–water partition coefficient (Wildman–Crippen LogP) is 3.51. The molecule has 18 heavy (non-hydrogen) atoms. The van der Waals surface area contributed by atoms with Gasteiger partial charge in [0, 0.05) is 39.1 Å². The first-order chi connectivity index (χ1) is 7.72. The van der Waals surface area contributed by atoms with E-state index in [0.29, 0.717) is 0 Å². The molecule has 0 aromatic carbocycles. The van der Waals surface area contributed by atoms with E-state index in [0.717, 1.165) is 0 Å². The molecule has 1 aliphatic rings. The molecule has 0 fully saturated rings. The number of aliphatic hydroxyl groups is 2. The molecule has 0 aliphatic heterocycles. The van der Waals surface area contributed by atoms with E-state index in [-0.39, 0.29) is 44.5 Å². The van der Waals surface area contributed by atoms with E-state index in [1.807, 2.05) is 0 Å². The molecule has 0 saturated carbocycles. The quantitative estimate of drug-likeness (QED) is 0.466. The molecule has 0 spiro atoms. The van der Waals surface area contributed by atoms with Gasteiger partial charge < -0.3 is 10.2 Å². The Labute approximate surface area is 132 Å². The van der Waals surface area contributed by atoms with Crippen LogP contribution in [0.15, 0.2) is 22.3 Å². The zero-order valence-corrected chi connectivity index (χ0v) is 16.6. The van der Waals surface area contributed by atoms with Crippen LogP contribution in [-0.2, 0) is 25.8 Å². The van der Waals surface area contributed by atoms with Gasteiger partial charge in [0.25, 0.3) is 0 Å². The van der Waals surface area contributed by atoms with Crippen LogP contribution < -0.4 is 0 Å². The molecule has 106 valence electrons. The number of hydrogen-bond donors (Lipinski definition) is 2. The van der Waals surface area contributed by atoms with E-state index in [1.165, 1.54) is 22.3 Å². The summed E-state index contributed by atoms with van der Waals surface area (Å²) in [6, 6.07) is 0. The fraction of sp³-hybridized carbons (Fsp3) is 0.667. The maximum Gasteiger partial charge on any atom is 0.0402 e. The van der Waals surface area contributed by atoms with Crippen LogP contribution in [0.25, 0.3) is 0 Å². The van der Waals surface area contributed by atoms with Crippen molar-refractivity contribution in [3.8, 4) is 0 Å². The first-order valence-corrected chi connectivity index (χ1v) is 6.15. The van der Waals surface area contributed by atoms with Crippen molar-refractivity contribution in [2.45, 2.75) is 48.5 Å². The first-order valence-electron chi connectivity index (χ1n) is 6.15. The van der Waals surface area contributed by atoms with Gasteiger partial charge in [0.15, 0.2) is 0 Å². The Balaban J connectivity index is -0.000000276. The molecule has 0 aromatic heterocycles. The smallest absolute Gasteiger partial charge is 0.0402 e. The molecule has 0 atom stereocenters. The zero-order chi connectivity index (χ0) is 14.2. The number of hydrogen-bond acceptors (Lipinski definition) is 2. The predicted molar refractivity (Wildman–Crippen MR) is 75.7 cm³/mol. The summed E-state index contributed by atoms with van der Waals surface area (Å²) in [7, 11) is 0. The summed E-state index contributed by atoms with van der Waals surface area (Å²) in [5.41, 5.74) is 5.77. The molecule has 1 aliphatic carbocycles. The van der Waals surface area contributed by atoms with Gasteiger partial charge in [0.1, 0.15) is 0 Å². The second-order valence-corrected chi connectivity index (χ2v) is 4.61. The van der Waals surface area contributed by atoms with Gasteiger partial charge in [-0.15, -0.1) is 12.5 Å².